The van der Waals surface area contributed by atoms with E-state index in [1.807, 2.05) is 6.92 Å². The van der Waals surface area contributed by atoms with Gasteiger partial charge < -0.3 is 9.64 Å². The molecule has 1 aliphatic heterocycles. The minimum absolute atomic E-state index is 0.0288. The molecule has 2 atom stereocenters. The molecular weight excluding hydrogens is 228 g/mol. The Balaban J connectivity index is 1.96. The normalized spacial score (nSPS) is 31.2. The van der Waals surface area contributed by atoms with Crippen molar-refractivity contribution in [2.75, 3.05) is 39.8 Å². The van der Waals surface area contributed by atoms with Gasteiger partial charge in [-0.25, -0.2) is 0 Å². The van der Waals surface area contributed by atoms with E-state index in [4.69, 9.17) is 4.74 Å². The summed E-state index contributed by atoms with van der Waals surface area (Å²) in [6.45, 7) is 6.82. The molecule has 0 unspecified atom stereocenters. The van der Waals surface area contributed by atoms with Gasteiger partial charge in [0.25, 0.3) is 0 Å². The van der Waals surface area contributed by atoms with Crippen molar-refractivity contribution in [1.82, 2.24) is 9.80 Å². The van der Waals surface area contributed by atoms with Crippen molar-refractivity contribution >= 4 is 5.97 Å². The van der Waals surface area contributed by atoms with Crippen LogP contribution in [0.3, 0.4) is 0 Å². The number of ether oxygens (including phenoxy) is 1. The largest absolute Gasteiger partial charge is 0.466 e. The second-order valence-corrected chi connectivity index (χ2v) is 5.55. The van der Waals surface area contributed by atoms with Gasteiger partial charge in [-0.05, 0) is 26.8 Å². The highest BCUT2D eigenvalue weighted by Gasteiger charge is 2.36. The minimum atomic E-state index is 0.0288. The first kappa shape index (κ1) is 13.8. The number of carbonyl (C=O) groups is 1. The maximum Gasteiger partial charge on any atom is 0.310 e. The number of carbonyl (C=O) groups excluding carboxylic acids is 1. The van der Waals surface area contributed by atoms with Crippen LogP contribution in [0.15, 0.2) is 0 Å². The summed E-state index contributed by atoms with van der Waals surface area (Å²) < 4.78 is 5.25. The van der Waals surface area contributed by atoms with E-state index in [1.54, 1.807) is 0 Å². The fourth-order valence-corrected chi connectivity index (χ4v) is 3.23. The molecule has 2 fully saturated rings. The summed E-state index contributed by atoms with van der Waals surface area (Å²) in [5.74, 6) is 0.142. The monoisotopic (exact) mass is 254 g/mol. The molecule has 4 nitrogen and oxygen atoms in total. The highest BCUT2D eigenvalue weighted by Crippen LogP contribution is 2.30. The van der Waals surface area contributed by atoms with Gasteiger partial charge in [0.2, 0.25) is 0 Å². The van der Waals surface area contributed by atoms with Gasteiger partial charge in [0, 0.05) is 32.2 Å². The third kappa shape index (κ3) is 3.23. The first-order valence-electron chi connectivity index (χ1n) is 7.31. The topological polar surface area (TPSA) is 32.8 Å². The molecule has 18 heavy (non-hydrogen) atoms. The molecule has 0 aromatic carbocycles. The van der Waals surface area contributed by atoms with Gasteiger partial charge in [-0.2, -0.15) is 0 Å². The van der Waals surface area contributed by atoms with Crippen molar-refractivity contribution in [2.24, 2.45) is 5.92 Å². The van der Waals surface area contributed by atoms with E-state index in [1.165, 1.54) is 12.8 Å². The molecule has 0 aromatic heterocycles. The predicted molar refractivity (Wildman–Crippen MR) is 71.4 cm³/mol. The Labute approximate surface area is 110 Å². The molecule has 0 spiro atoms. The molecule has 1 aliphatic carbocycles. The maximum atomic E-state index is 12.1. The number of piperazine rings is 1. The molecule has 0 amide bonds. The molecular formula is C14H26N2O2. The molecule has 4 heteroatoms. The molecule has 0 N–H and O–H groups in total. The standard InChI is InChI=1S/C14H26N2O2/c1-3-18-14(17)12-6-4-5-7-13(12)16-10-8-15(2)9-11-16/h12-13H,3-11H2,1-2H3/t12-,13-/m1/s1. The van der Waals surface area contributed by atoms with E-state index in [9.17, 15) is 4.79 Å². The molecule has 0 radical (unpaired) electrons. The van der Waals surface area contributed by atoms with Crippen LogP contribution in [0.1, 0.15) is 32.6 Å². The Hall–Kier alpha value is -0.610. The molecule has 2 rings (SSSR count). The lowest BCUT2D eigenvalue weighted by molar-refractivity contribution is -0.152. The highest BCUT2D eigenvalue weighted by atomic mass is 16.5. The molecule has 104 valence electrons. The maximum absolute atomic E-state index is 12.1. The summed E-state index contributed by atoms with van der Waals surface area (Å²) >= 11 is 0. The fraction of sp³-hybridized carbons (Fsp3) is 0.929. The zero-order valence-corrected chi connectivity index (χ0v) is 11.7. The minimum Gasteiger partial charge on any atom is -0.466 e. The number of esters is 1. The van der Waals surface area contributed by atoms with Gasteiger partial charge >= 0.3 is 5.97 Å². The van der Waals surface area contributed by atoms with Gasteiger partial charge in [-0.15, -0.1) is 0 Å². The van der Waals surface area contributed by atoms with Crippen LogP contribution in [0.4, 0.5) is 0 Å². The van der Waals surface area contributed by atoms with Crippen molar-refractivity contribution in [3.8, 4) is 0 Å². The quantitative estimate of drug-likeness (QED) is 0.712. The zero-order valence-electron chi connectivity index (χ0n) is 11.7. The van der Waals surface area contributed by atoms with E-state index < -0.39 is 0 Å². The summed E-state index contributed by atoms with van der Waals surface area (Å²) in [5.41, 5.74) is 0. The second kappa shape index (κ2) is 6.53. The van der Waals surface area contributed by atoms with Gasteiger partial charge in [0.1, 0.15) is 0 Å². The Morgan fingerprint density at radius 2 is 1.83 bits per heavy atom. The molecule has 1 saturated carbocycles. The smallest absolute Gasteiger partial charge is 0.310 e. The SMILES string of the molecule is CCOC(=O)[C@@H]1CCCC[C@H]1N1CCN(C)CC1. The Morgan fingerprint density at radius 3 is 2.50 bits per heavy atom. The Bertz CT molecular complexity index is 275. The third-order valence-corrected chi connectivity index (χ3v) is 4.33. The van der Waals surface area contributed by atoms with E-state index in [0.717, 1.165) is 39.0 Å². The number of rotatable bonds is 3. The highest BCUT2D eigenvalue weighted by molar-refractivity contribution is 5.73. The number of hydrogen-bond acceptors (Lipinski definition) is 4. The summed E-state index contributed by atoms with van der Waals surface area (Å²) in [7, 11) is 2.17. The van der Waals surface area contributed by atoms with Crippen molar-refractivity contribution in [1.29, 1.82) is 0 Å². The van der Waals surface area contributed by atoms with Crippen LogP contribution in [-0.4, -0.2) is 61.6 Å². The molecule has 1 saturated heterocycles. The van der Waals surface area contributed by atoms with Crippen LogP contribution >= 0.6 is 0 Å². The van der Waals surface area contributed by atoms with Gasteiger partial charge in [0.05, 0.1) is 12.5 Å². The van der Waals surface area contributed by atoms with Gasteiger partial charge in [0.15, 0.2) is 0 Å². The first-order chi connectivity index (χ1) is 8.72. The van der Waals surface area contributed by atoms with E-state index in [-0.39, 0.29) is 11.9 Å². The van der Waals surface area contributed by atoms with E-state index in [0.29, 0.717) is 12.6 Å². The van der Waals surface area contributed by atoms with Crippen molar-refractivity contribution in [3.63, 3.8) is 0 Å². The van der Waals surface area contributed by atoms with Crippen molar-refractivity contribution < 1.29 is 9.53 Å². The number of nitrogens with zero attached hydrogens (tertiary/aromatic N) is 2. The van der Waals surface area contributed by atoms with Crippen LogP contribution in [0.25, 0.3) is 0 Å². The average molecular weight is 254 g/mol. The lowest BCUT2D eigenvalue weighted by atomic mass is 9.83. The predicted octanol–water partition coefficient (Wildman–Crippen LogP) is 1.36. The lowest BCUT2D eigenvalue weighted by Gasteiger charge is -2.42. The summed E-state index contributed by atoms with van der Waals surface area (Å²) in [5, 5.41) is 0. The number of hydrogen-bond donors (Lipinski definition) is 0. The van der Waals surface area contributed by atoms with Crippen molar-refractivity contribution in [2.45, 2.75) is 38.6 Å². The lowest BCUT2D eigenvalue weighted by Crippen LogP contribution is -2.53. The molecule has 1 heterocycles. The van der Waals surface area contributed by atoms with Crippen LogP contribution in [0.2, 0.25) is 0 Å². The van der Waals surface area contributed by atoms with Gasteiger partial charge in [-0.1, -0.05) is 12.8 Å². The Morgan fingerprint density at radius 1 is 1.17 bits per heavy atom. The van der Waals surface area contributed by atoms with Crippen LogP contribution in [0.5, 0.6) is 0 Å². The average Bonchev–Trinajstić information content (AvgIpc) is 2.40. The number of likely N-dealkylation sites (N-methyl/N-ethyl adjacent to an activating group) is 1. The Kier molecular flexibility index (Phi) is 5.01. The zero-order chi connectivity index (χ0) is 13.0. The van der Waals surface area contributed by atoms with Crippen LogP contribution in [-0.2, 0) is 9.53 Å². The summed E-state index contributed by atoms with van der Waals surface area (Å²) in [6, 6.07) is 0.423. The van der Waals surface area contributed by atoms with Crippen molar-refractivity contribution in [3.05, 3.63) is 0 Å². The third-order valence-electron chi connectivity index (χ3n) is 4.33. The molecule has 2 aliphatic rings. The summed E-state index contributed by atoms with van der Waals surface area (Å²) in [6.07, 6.45) is 4.60. The van der Waals surface area contributed by atoms with Crippen LogP contribution < -0.4 is 0 Å². The molecule has 0 aromatic rings. The fourth-order valence-electron chi connectivity index (χ4n) is 3.23. The summed E-state index contributed by atoms with van der Waals surface area (Å²) in [4.78, 5) is 16.9. The van der Waals surface area contributed by atoms with E-state index >= 15 is 0 Å². The van der Waals surface area contributed by atoms with E-state index in [2.05, 4.69) is 16.8 Å². The van der Waals surface area contributed by atoms with Crippen LogP contribution in [0, 0.1) is 5.92 Å². The van der Waals surface area contributed by atoms with Gasteiger partial charge in [-0.3, -0.25) is 9.69 Å². The first-order valence-corrected chi connectivity index (χ1v) is 7.31. The second-order valence-electron chi connectivity index (χ2n) is 5.55. The molecule has 0 bridgehead atoms.